The highest BCUT2D eigenvalue weighted by Crippen LogP contribution is 2.16. The molecule has 0 saturated heterocycles. The Hall–Kier alpha value is -0.430. The van der Waals surface area contributed by atoms with Crippen molar-refractivity contribution in [3.05, 3.63) is 28.7 Å². The van der Waals surface area contributed by atoms with Gasteiger partial charge in [0.05, 0.1) is 16.8 Å². The van der Waals surface area contributed by atoms with Crippen LogP contribution in [0.5, 0.6) is 0 Å². The first-order valence-corrected chi connectivity index (χ1v) is 8.61. The molecule has 0 heterocycles. The molecule has 0 aliphatic heterocycles. The van der Waals surface area contributed by atoms with Crippen molar-refractivity contribution >= 4 is 25.8 Å². The predicted molar refractivity (Wildman–Crippen MR) is 80.0 cm³/mol. The minimum Gasteiger partial charge on any atom is -0.393 e. The smallest absolute Gasteiger partial charge is 0.179 e. The Bertz CT molecular complexity index is 485. The standard InChI is InChI=1S/C13H20BrNO3S/c1-11(16)7-8-15(2)9-10-19(17,18)13-5-3-12(14)4-6-13/h3-6,11,16H,7-10H2,1-2H3. The summed E-state index contributed by atoms with van der Waals surface area (Å²) in [5.74, 6) is 0.0882. The lowest BCUT2D eigenvalue weighted by Gasteiger charge is -2.17. The number of hydrogen-bond acceptors (Lipinski definition) is 4. The van der Waals surface area contributed by atoms with E-state index in [1.807, 2.05) is 11.9 Å². The molecule has 0 aliphatic carbocycles. The molecule has 0 bridgehead atoms. The van der Waals surface area contributed by atoms with Gasteiger partial charge >= 0.3 is 0 Å². The fraction of sp³-hybridized carbons (Fsp3) is 0.538. The molecule has 0 saturated carbocycles. The number of nitrogens with zero attached hydrogens (tertiary/aromatic N) is 1. The maximum Gasteiger partial charge on any atom is 0.179 e. The number of aliphatic hydroxyl groups excluding tert-OH is 1. The number of benzene rings is 1. The molecule has 0 amide bonds. The Balaban J connectivity index is 2.53. The van der Waals surface area contributed by atoms with Gasteiger partial charge < -0.3 is 10.0 Å². The van der Waals surface area contributed by atoms with Crippen molar-refractivity contribution in [1.82, 2.24) is 4.90 Å². The second-order valence-corrected chi connectivity index (χ2v) is 7.74. The van der Waals surface area contributed by atoms with Crippen LogP contribution < -0.4 is 0 Å². The van der Waals surface area contributed by atoms with E-state index < -0.39 is 9.84 Å². The molecule has 1 unspecified atom stereocenters. The summed E-state index contributed by atoms with van der Waals surface area (Å²) in [5, 5.41) is 9.18. The molecule has 0 radical (unpaired) electrons. The number of hydrogen-bond donors (Lipinski definition) is 1. The SMILES string of the molecule is CC(O)CCN(C)CCS(=O)(=O)c1ccc(Br)cc1. The lowest BCUT2D eigenvalue weighted by Crippen LogP contribution is -2.28. The van der Waals surface area contributed by atoms with Crippen molar-refractivity contribution in [3.63, 3.8) is 0 Å². The molecular formula is C13H20BrNO3S. The maximum absolute atomic E-state index is 12.1. The van der Waals surface area contributed by atoms with Gasteiger partial charge in [-0.1, -0.05) is 15.9 Å². The zero-order valence-corrected chi connectivity index (χ0v) is 13.6. The largest absolute Gasteiger partial charge is 0.393 e. The average molecular weight is 350 g/mol. The van der Waals surface area contributed by atoms with Crippen LogP contribution in [0.15, 0.2) is 33.6 Å². The first-order valence-electron chi connectivity index (χ1n) is 6.16. The fourth-order valence-electron chi connectivity index (χ4n) is 1.55. The normalized spacial score (nSPS) is 13.7. The van der Waals surface area contributed by atoms with E-state index in [0.29, 0.717) is 24.4 Å². The van der Waals surface area contributed by atoms with Crippen LogP contribution in [0.1, 0.15) is 13.3 Å². The Labute approximate surface area is 123 Å². The second kappa shape index (κ2) is 7.38. The van der Waals surface area contributed by atoms with E-state index in [1.54, 1.807) is 31.2 Å². The van der Waals surface area contributed by atoms with E-state index in [-0.39, 0.29) is 11.9 Å². The monoisotopic (exact) mass is 349 g/mol. The van der Waals surface area contributed by atoms with Gasteiger partial charge in [-0.05, 0) is 44.7 Å². The van der Waals surface area contributed by atoms with Crippen LogP contribution in [0.25, 0.3) is 0 Å². The maximum atomic E-state index is 12.1. The fourth-order valence-corrected chi connectivity index (χ4v) is 3.16. The molecule has 1 N–H and O–H groups in total. The van der Waals surface area contributed by atoms with Crippen molar-refractivity contribution in [3.8, 4) is 0 Å². The average Bonchev–Trinajstić information content (AvgIpc) is 2.34. The van der Waals surface area contributed by atoms with Gasteiger partial charge in [0.1, 0.15) is 0 Å². The number of halogens is 1. The third-order valence-electron chi connectivity index (χ3n) is 2.84. The molecule has 4 nitrogen and oxygen atoms in total. The van der Waals surface area contributed by atoms with Crippen LogP contribution in [-0.4, -0.2) is 50.4 Å². The van der Waals surface area contributed by atoms with Crippen molar-refractivity contribution < 1.29 is 13.5 Å². The first kappa shape index (κ1) is 16.6. The Kier molecular flexibility index (Phi) is 6.46. The topological polar surface area (TPSA) is 57.6 Å². The van der Waals surface area contributed by atoms with E-state index in [9.17, 15) is 13.5 Å². The molecule has 0 aromatic heterocycles. The van der Waals surface area contributed by atoms with Crippen LogP contribution in [0.3, 0.4) is 0 Å². The van der Waals surface area contributed by atoms with Crippen LogP contribution in [0.4, 0.5) is 0 Å². The molecule has 1 rings (SSSR count). The van der Waals surface area contributed by atoms with Gasteiger partial charge in [0.15, 0.2) is 9.84 Å². The zero-order valence-electron chi connectivity index (χ0n) is 11.2. The highest BCUT2D eigenvalue weighted by Gasteiger charge is 2.15. The van der Waals surface area contributed by atoms with E-state index in [2.05, 4.69) is 15.9 Å². The number of aliphatic hydroxyl groups is 1. The summed E-state index contributed by atoms with van der Waals surface area (Å²) in [6, 6.07) is 6.67. The van der Waals surface area contributed by atoms with Gasteiger partial charge in [-0.2, -0.15) is 0 Å². The highest BCUT2D eigenvalue weighted by molar-refractivity contribution is 9.10. The summed E-state index contributed by atoms with van der Waals surface area (Å²) in [6.07, 6.45) is 0.292. The summed E-state index contributed by atoms with van der Waals surface area (Å²) in [5.41, 5.74) is 0. The summed E-state index contributed by atoms with van der Waals surface area (Å²) in [6.45, 7) is 2.88. The van der Waals surface area contributed by atoms with Crippen LogP contribution in [-0.2, 0) is 9.84 Å². The lowest BCUT2D eigenvalue weighted by molar-refractivity contribution is 0.166. The molecular weight excluding hydrogens is 330 g/mol. The van der Waals surface area contributed by atoms with Gasteiger partial charge in [-0.15, -0.1) is 0 Å². The van der Waals surface area contributed by atoms with Crippen LogP contribution in [0.2, 0.25) is 0 Å². The van der Waals surface area contributed by atoms with Gasteiger partial charge in [0.2, 0.25) is 0 Å². The van der Waals surface area contributed by atoms with Crippen LogP contribution in [0, 0.1) is 0 Å². The summed E-state index contributed by atoms with van der Waals surface area (Å²) in [4.78, 5) is 2.27. The van der Waals surface area contributed by atoms with Gasteiger partial charge in [-0.25, -0.2) is 8.42 Å². The molecule has 108 valence electrons. The minimum absolute atomic E-state index is 0.0882. The van der Waals surface area contributed by atoms with E-state index in [0.717, 1.165) is 4.47 Å². The molecule has 0 aliphatic rings. The Morgan fingerprint density at radius 2 is 1.84 bits per heavy atom. The summed E-state index contributed by atoms with van der Waals surface area (Å²) < 4.78 is 25.1. The van der Waals surface area contributed by atoms with Gasteiger partial charge in [-0.3, -0.25) is 0 Å². The van der Waals surface area contributed by atoms with Gasteiger partial charge in [0.25, 0.3) is 0 Å². The third-order valence-corrected chi connectivity index (χ3v) is 5.08. The van der Waals surface area contributed by atoms with Crippen LogP contribution >= 0.6 is 15.9 Å². The summed E-state index contributed by atoms with van der Waals surface area (Å²) in [7, 11) is -1.38. The van der Waals surface area contributed by atoms with Gasteiger partial charge in [0, 0.05) is 17.6 Å². The van der Waals surface area contributed by atoms with E-state index in [1.165, 1.54) is 0 Å². The zero-order chi connectivity index (χ0) is 14.5. The van der Waals surface area contributed by atoms with Crippen molar-refractivity contribution in [1.29, 1.82) is 0 Å². The molecule has 0 spiro atoms. The molecule has 1 aromatic carbocycles. The molecule has 0 fully saturated rings. The minimum atomic E-state index is -3.24. The molecule has 1 aromatic rings. The van der Waals surface area contributed by atoms with Crippen molar-refractivity contribution in [2.45, 2.75) is 24.3 Å². The number of sulfone groups is 1. The predicted octanol–water partition coefficient (Wildman–Crippen LogP) is 1.93. The first-order chi connectivity index (χ1) is 8.81. The molecule has 19 heavy (non-hydrogen) atoms. The third kappa shape index (κ3) is 6.03. The van der Waals surface area contributed by atoms with E-state index in [4.69, 9.17) is 0 Å². The lowest BCUT2D eigenvalue weighted by atomic mass is 10.3. The second-order valence-electron chi connectivity index (χ2n) is 4.71. The quantitative estimate of drug-likeness (QED) is 0.816. The summed E-state index contributed by atoms with van der Waals surface area (Å²) >= 11 is 3.28. The molecule has 6 heteroatoms. The van der Waals surface area contributed by atoms with Crippen molar-refractivity contribution in [2.24, 2.45) is 0 Å². The Morgan fingerprint density at radius 3 is 2.37 bits per heavy atom. The van der Waals surface area contributed by atoms with Crippen molar-refractivity contribution in [2.75, 3.05) is 25.9 Å². The highest BCUT2D eigenvalue weighted by atomic mass is 79.9. The Morgan fingerprint density at radius 1 is 1.26 bits per heavy atom. The van der Waals surface area contributed by atoms with E-state index >= 15 is 0 Å². The number of rotatable bonds is 7. The molecule has 1 atom stereocenters.